The highest BCUT2D eigenvalue weighted by Crippen LogP contribution is 2.44. The molecule has 4 nitrogen and oxygen atoms in total. The summed E-state index contributed by atoms with van der Waals surface area (Å²) in [7, 11) is 0. The zero-order chi connectivity index (χ0) is 25.8. The number of hydrogen-bond donors (Lipinski definition) is 0. The molecule has 0 aliphatic rings. The van der Waals surface area contributed by atoms with Gasteiger partial charge in [-0.15, -0.1) is 5.10 Å². The third kappa shape index (κ3) is 3.42. The third-order valence-corrected chi connectivity index (χ3v) is 7.45. The number of hydrogen-bond acceptors (Lipinski definition) is 4. The standard InChI is InChI=1S/C35H21N3O/c1-2-10-25-24(9-1)21-36-38-34(25)33-28-13-5-3-11-26(28)32(27-12-4-6-14-29(27)33)22-17-19-23(20-18-22)35-37-30-15-7-8-16-31(30)39-35/h1-21H. The normalized spacial score (nSPS) is 11.6. The van der Waals surface area contributed by atoms with Gasteiger partial charge < -0.3 is 4.42 Å². The second-order valence-electron chi connectivity index (χ2n) is 9.69. The molecule has 0 atom stereocenters. The molecule has 0 radical (unpaired) electrons. The highest BCUT2D eigenvalue weighted by atomic mass is 16.3. The minimum absolute atomic E-state index is 0.627. The smallest absolute Gasteiger partial charge is 0.227 e. The van der Waals surface area contributed by atoms with E-state index < -0.39 is 0 Å². The predicted molar refractivity (Wildman–Crippen MR) is 158 cm³/mol. The molecule has 182 valence electrons. The number of benzene rings is 6. The first-order valence-corrected chi connectivity index (χ1v) is 13.0. The van der Waals surface area contributed by atoms with Crippen molar-refractivity contribution in [1.82, 2.24) is 15.2 Å². The lowest BCUT2D eigenvalue weighted by Gasteiger charge is -2.17. The molecule has 0 saturated carbocycles. The van der Waals surface area contributed by atoms with E-state index in [-0.39, 0.29) is 0 Å². The second-order valence-corrected chi connectivity index (χ2v) is 9.69. The zero-order valence-corrected chi connectivity index (χ0v) is 20.9. The molecule has 6 aromatic carbocycles. The van der Waals surface area contributed by atoms with E-state index in [4.69, 9.17) is 4.42 Å². The first kappa shape index (κ1) is 21.7. The molecule has 4 heteroatoms. The number of fused-ring (bicyclic) bond motifs is 4. The summed E-state index contributed by atoms with van der Waals surface area (Å²) in [6.07, 6.45) is 1.83. The van der Waals surface area contributed by atoms with Crippen LogP contribution in [0.3, 0.4) is 0 Å². The van der Waals surface area contributed by atoms with Gasteiger partial charge in [-0.25, -0.2) is 4.98 Å². The molecular weight excluding hydrogens is 478 g/mol. The van der Waals surface area contributed by atoms with Crippen LogP contribution in [0.25, 0.3) is 77.3 Å². The van der Waals surface area contributed by atoms with E-state index in [9.17, 15) is 0 Å². The van der Waals surface area contributed by atoms with Crippen molar-refractivity contribution in [2.75, 3.05) is 0 Å². The molecule has 0 saturated heterocycles. The molecule has 0 aliphatic heterocycles. The van der Waals surface area contributed by atoms with Crippen LogP contribution >= 0.6 is 0 Å². The summed E-state index contributed by atoms with van der Waals surface area (Å²) >= 11 is 0. The summed E-state index contributed by atoms with van der Waals surface area (Å²) in [5, 5.41) is 15.9. The fourth-order valence-electron chi connectivity index (χ4n) is 5.68. The van der Waals surface area contributed by atoms with Gasteiger partial charge in [0.15, 0.2) is 5.58 Å². The van der Waals surface area contributed by atoms with Crippen molar-refractivity contribution in [1.29, 1.82) is 0 Å². The van der Waals surface area contributed by atoms with Gasteiger partial charge in [-0.05, 0) is 56.9 Å². The average molecular weight is 500 g/mol. The van der Waals surface area contributed by atoms with Gasteiger partial charge in [-0.1, -0.05) is 97.1 Å². The van der Waals surface area contributed by atoms with E-state index in [1.807, 2.05) is 36.5 Å². The molecule has 0 unspecified atom stereocenters. The molecule has 39 heavy (non-hydrogen) atoms. The van der Waals surface area contributed by atoms with Crippen molar-refractivity contribution in [3.63, 3.8) is 0 Å². The maximum absolute atomic E-state index is 6.02. The lowest BCUT2D eigenvalue weighted by Crippen LogP contribution is -1.94. The number of para-hydroxylation sites is 2. The maximum atomic E-state index is 6.02. The van der Waals surface area contributed by atoms with E-state index >= 15 is 0 Å². The Bertz CT molecular complexity index is 2080. The molecule has 8 rings (SSSR count). The van der Waals surface area contributed by atoms with Gasteiger partial charge in [0.2, 0.25) is 5.89 Å². The highest BCUT2D eigenvalue weighted by Gasteiger charge is 2.19. The molecular formula is C35H21N3O. The summed E-state index contributed by atoms with van der Waals surface area (Å²) < 4.78 is 6.02. The van der Waals surface area contributed by atoms with Crippen LogP contribution in [0, 0.1) is 0 Å². The molecule has 2 heterocycles. The third-order valence-electron chi connectivity index (χ3n) is 7.45. The largest absolute Gasteiger partial charge is 0.436 e. The Labute approximate surface area is 224 Å². The van der Waals surface area contributed by atoms with Crippen molar-refractivity contribution < 1.29 is 4.42 Å². The molecule has 0 aliphatic carbocycles. The van der Waals surface area contributed by atoms with Gasteiger partial charge >= 0.3 is 0 Å². The van der Waals surface area contributed by atoms with Crippen molar-refractivity contribution in [3.8, 4) is 33.8 Å². The Morgan fingerprint density at radius 1 is 0.487 bits per heavy atom. The average Bonchev–Trinajstić information content (AvgIpc) is 3.44. The fraction of sp³-hybridized carbons (Fsp3) is 0. The van der Waals surface area contributed by atoms with Crippen LogP contribution in [-0.2, 0) is 0 Å². The number of aromatic nitrogens is 3. The molecule has 0 fully saturated rings. The van der Waals surface area contributed by atoms with E-state index in [2.05, 4.69) is 106 Å². The Morgan fingerprint density at radius 3 is 1.74 bits per heavy atom. The number of nitrogens with zero attached hydrogens (tertiary/aromatic N) is 3. The molecule has 0 bridgehead atoms. The molecule has 0 N–H and O–H groups in total. The van der Waals surface area contributed by atoms with Crippen molar-refractivity contribution in [3.05, 3.63) is 128 Å². The van der Waals surface area contributed by atoms with E-state index in [1.54, 1.807) is 0 Å². The zero-order valence-electron chi connectivity index (χ0n) is 20.9. The second kappa shape index (κ2) is 8.61. The minimum Gasteiger partial charge on any atom is -0.436 e. The Morgan fingerprint density at radius 2 is 1.05 bits per heavy atom. The van der Waals surface area contributed by atoms with Crippen molar-refractivity contribution in [2.24, 2.45) is 0 Å². The van der Waals surface area contributed by atoms with Crippen molar-refractivity contribution >= 4 is 43.4 Å². The summed E-state index contributed by atoms with van der Waals surface area (Å²) in [4.78, 5) is 4.68. The van der Waals surface area contributed by atoms with E-state index in [0.29, 0.717) is 5.89 Å². The summed E-state index contributed by atoms with van der Waals surface area (Å²) in [6, 6.07) is 41.9. The SMILES string of the molecule is c1ccc2c(-c3c4ccccc4c(-c4ccc(-c5nc6ccccc6o5)cc4)c4ccccc34)nncc2c1. The Hall–Kier alpha value is -5.35. The van der Waals surface area contributed by atoms with Gasteiger partial charge in [0.25, 0.3) is 0 Å². The van der Waals surface area contributed by atoms with Crippen LogP contribution in [0.2, 0.25) is 0 Å². The lowest BCUT2D eigenvalue weighted by molar-refractivity contribution is 0.620. The topological polar surface area (TPSA) is 51.8 Å². The Kier molecular flexibility index (Phi) is 4.79. The van der Waals surface area contributed by atoms with Gasteiger partial charge in [0.1, 0.15) is 11.2 Å². The lowest BCUT2D eigenvalue weighted by atomic mass is 9.86. The molecule has 8 aromatic rings. The van der Waals surface area contributed by atoms with E-state index in [0.717, 1.165) is 55.0 Å². The predicted octanol–water partition coefficient (Wildman–Crippen LogP) is 9.08. The van der Waals surface area contributed by atoms with Gasteiger partial charge in [0.05, 0.1) is 6.20 Å². The van der Waals surface area contributed by atoms with Crippen molar-refractivity contribution in [2.45, 2.75) is 0 Å². The monoisotopic (exact) mass is 499 g/mol. The molecule has 0 spiro atoms. The van der Waals surface area contributed by atoms with Crippen LogP contribution in [0.1, 0.15) is 0 Å². The maximum Gasteiger partial charge on any atom is 0.227 e. The first-order chi connectivity index (χ1) is 19.3. The van der Waals surface area contributed by atoms with Crippen LogP contribution in [0.4, 0.5) is 0 Å². The summed E-state index contributed by atoms with van der Waals surface area (Å²) in [5.74, 6) is 0.627. The summed E-state index contributed by atoms with van der Waals surface area (Å²) in [5.41, 5.74) is 6.95. The van der Waals surface area contributed by atoms with Gasteiger partial charge in [-0.3, -0.25) is 0 Å². The van der Waals surface area contributed by atoms with Gasteiger partial charge in [-0.2, -0.15) is 5.10 Å². The number of oxazole rings is 1. The summed E-state index contributed by atoms with van der Waals surface area (Å²) in [6.45, 7) is 0. The Balaban J connectivity index is 1.38. The van der Waals surface area contributed by atoms with Crippen LogP contribution in [0.15, 0.2) is 132 Å². The minimum atomic E-state index is 0.627. The van der Waals surface area contributed by atoms with Crippen LogP contribution in [0.5, 0.6) is 0 Å². The first-order valence-electron chi connectivity index (χ1n) is 13.0. The highest BCUT2D eigenvalue weighted by molar-refractivity contribution is 6.22. The van der Waals surface area contributed by atoms with E-state index in [1.165, 1.54) is 16.3 Å². The van der Waals surface area contributed by atoms with Crippen LogP contribution in [-0.4, -0.2) is 15.2 Å². The number of rotatable bonds is 3. The fourth-order valence-corrected chi connectivity index (χ4v) is 5.68. The van der Waals surface area contributed by atoms with Crippen LogP contribution < -0.4 is 0 Å². The molecule has 0 amide bonds. The quantitative estimate of drug-likeness (QED) is 0.228. The van der Waals surface area contributed by atoms with Gasteiger partial charge in [0, 0.05) is 21.9 Å². The molecule has 2 aromatic heterocycles.